The number of hydrogen-bond acceptors (Lipinski definition) is 2. The van der Waals surface area contributed by atoms with Gasteiger partial charge >= 0.3 is 0 Å². The predicted octanol–water partition coefficient (Wildman–Crippen LogP) is 1.39. The molecule has 0 saturated carbocycles. The van der Waals surface area contributed by atoms with Gasteiger partial charge in [-0.2, -0.15) is 0 Å². The van der Waals surface area contributed by atoms with Crippen molar-refractivity contribution in [1.29, 1.82) is 0 Å². The lowest BCUT2D eigenvalue weighted by molar-refractivity contribution is -0.131. The van der Waals surface area contributed by atoms with E-state index in [2.05, 4.69) is 12.2 Å². The molecule has 0 aliphatic carbocycles. The maximum absolute atomic E-state index is 11.6. The maximum Gasteiger partial charge on any atom is 0.222 e. The summed E-state index contributed by atoms with van der Waals surface area (Å²) < 4.78 is 0. The number of amides is 1. The van der Waals surface area contributed by atoms with Crippen molar-refractivity contribution in [3.63, 3.8) is 0 Å². The van der Waals surface area contributed by atoms with E-state index in [0.29, 0.717) is 18.4 Å². The van der Waals surface area contributed by atoms with Crippen LogP contribution in [0.2, 0.25) is 0 Å². The van der Waals surface area contributed by atoms with Gasteiger partial charge in [-0.05, 0) is 25.8 Å². The summed E-state index contributed by atoms with van der Waals surface area (Å²) in [7, 11) is 0. The van der Waals surface area contributed by atoms with Gasteiger partial charge in [0.1, 0.15) is 0 Å². The van der Waals surface area contributed by atoms with Crippen LogP contribution in [-0.4, -0.2) is 36.5 Å². The Labute approximate surface area is 86.9 Å². The fraction of sp³-hybridized carbons (Fsp3) is 0.909. The summed E-state index contributed by atoms with van der Waals surface area (Å²) in [6.07, 6.45) is 4.16. The Morgan fingerprint density at radius 1 is 1.50 bits per heavy atom. The lowest BCUT2D eigenvalue weighted by Crippen LogP contribution is -2.41. The van der Waals surface area contributed by atoms with Crippen LogP contribution < -0.4 is 5.32 Å². The van der Waals surface area contributed by atoms with E-state index in [4.69, 9.17) is 0 Å². The summed E-state index contributed by atoms with van der Waals surface area (Å²) in [4.78, 5) is 13.6. The molecule has 0 bridgehead atoms. The Bertz CT molecular complexity index is 176. The second-order valence-corrected chi connectivity index (χ2v) is 3.99. The zero-order valence-corrected chi connectivity index (χ0v) is 9.38. The van der Waals surface area contributed by atoms with Gasteiger partial charge in [-0.15, -0.1) is 0 Å². The van der Waals surface area contributed by atoms with Crippen molar-refractivity contribution in [2.75, 3.05) is 19.6 Å². The van der Waals surface area contributed by atoms with Gasteiger partial charge < -0.3 is 10.2 Å². The molecule has 0 spiro atoms. The summed E-state index contributed by atoms with van der Waals surface area (Å²) in [5.41, 5.74) is 0. The lowest BCUT2D eigenvalue weighted by atomic mass is 10.2. The van der Waals surface area contributed by atoms with Gasteiger partial charge in [0.05, 0.1) is 0 Å². The molecule has 0 aromatic heterocycles. The predicted molar refractivity (Wildman–Crippen MR) is 58.2 cm³/mol. The van der Waals surface area contributed by atoms with Gasteiger partial charge in [0.25, 0.3) is 0 Å². The molecule has 1 heterocycles. The first-order chi connectivity index (χ1) is 6.77. The zero-order chi connectivity index (χ0) is 10.4. The minimum absolute atomic E-state index is 0.292. The normalized spacial score (nSPS) is 21.1. The van der Waals surface area contributed by atoms with E-state index >= 15 is 0 Å². The van der Waals surface area contributed by atoms with Crippen LogP contribution >= 0.6 is 0 Å². The smallest absolute Gasteiger partial charge is 0.222 e. The molecular formula is C11H22N2O. The quantitative estimate of drug-likeness (QED) is 0.724. The third-order valence-corrected chi connectivity index (χ3v) is 2.75. The van der Waals surface area contributed by atoms with Crippen molar-refractivity contribution in [3.05, 3.63) is 0 Å². The third kappa shape index (κ3) is 3.29. The molecule has 1 aliphatic rings. The molecule has 82 valence electrons. The molecule has 1 unspecified atom stereocenters. The highest BCUT2D eigenvalue weighted by Crippen LogP contribution is 2.08. The van der Waals surface area contributed by atoms with Crippen molar-refractivity contribution in [2.45, 2.75) is 45.6 Å². The minimum Gasteiger partial charge on any atom is -0.341 e. The molecule has 0 aromatic carbocycles. The average molecular weight is 198 g/mol. The van der Waals surface area contributed by atoms with Gasteiger partial charge in [-0.3, -0.25) is 4.79 Å². The summed E-state index contributed by atoms with van der Waals surface area (Å²) in [5.74, 6) is 0.292. The highest BCUT2D eigenvalue weighted by Gasteiger charge is 2.19. The molecule has 1 saturated heterocycles. The van der Waals surface area contributed by atoms with Gasteiger partial charge in [0.2, 0.25) is 5.91 Å². The topological polar surface area (TPSA) is 32.3 Å². The molecule has 1 fully saturated rings. The largest absolute Gasteiger partial charge is 0.341 e. The number of nitrogens with one attached hydrogen (secondary N) is 1. The fourth-order valence-corrected chi connectivity index (χ4v) is 1.99. The van der Waals surface area contributed by atoms with E-state index in [1.54, 1.807) is 0 Å². The van der Waals surface area contributed by atoms with Gasteiger partial charge in [-0.1, -0.05) is 13.8 Å². The van der Waals surface area contributed by atoms with Crippen molar-refractivity contribution < 1.29 is 4.79 Å². The SMILES string of the molecule is CCCN(CC1CCCN1)C(=O)CC. The van der Waals surface area contributed by atoms with Crippen molar-refractivity contribution in [1.82, 2.24) is 10.2 Å². The first-order valence-corrected chi connectivity index (χ1v) is 5.79. The summed E-state index contributed by atoms with van der Waals surface area (Å²) in [5, 5.41) is 3.43. The van der Waals surface area contributed by atoms with Crippen LogP contribution in [0.25, 0.3) is 0 Å². The van der Waals surface area contributed by atoms with Crippen LogP contribution in [0, 0.1) is 0 Å². The molecule has 0 radical (unpaired) electrons. The number of hydrogen-bond donors (Lipinski definition) is 1. The Hall–Kier alpha value is -0.570. The Balaban J connectivity index is 2.37. The standard InChI is InChI=1S/C11H22N2O/c1-3-8-13(11(14)4-2)9-10-6-5-7-12-10/h10,12H,3-9H2,1-2H3. The van der Waals surface area contributed by atoms with Crippen LogP contribution in [0.1, 0.15) is 39.5 Å². The van der Waals surface area contributed by atoms with E-state index in [9.17, 15) is 4.79 Å². The monoisotopic (exact) mass is 198 g/mol. The first-order valence-electron chi connectivity index (χ1n) is 5.79. The lowest BCUT2D eigenvalue weighted by Gasteiger charge is -2.25. The van der Waals surface area contributed by atoms with Crippen LogP contribution in [-0.2, 0) is 4.79 Å². The van der Waals surface area contributed by atoms with E-state index in [-0.39, 0.29) is 0 Å². The average Bonchev–Trinajstić information content (AvgIpc) is 2.68. The number of carbonyl (C=O) groups is 1. The second-order valence-electron chi connectivity index (χ2n) is 3.99. The van der Waals surface area contributed by atoms with E-state index < -0.39 is 0 Å². The highest BCUT2D eigenvalue weighted by atomic mass is 16.2. The first kappa shape index (κ1) is 11.5. The zero-order valence-electron chi connectivity index (χ0n) is 9.38. The van der Waals surface area contributed by atoms with Crippen LogP contribution in [0.5, 0.6) is 0 Å². The van der Waals surface area contributed by atoms with Gasteiger partial charge in [-0.25, -0.2) is 0 Å². The van der Waals surface area contributed by atoms with Crippen molar-refractivity contribution in [2.24, 2.45) is 0 Å². The fourth-order valence-electron chi connectivity index (χ4n) is 1.99. The highest BCUT2D eigenvalue weighted by molar-refractivity contribution is 5.75. The third-order valence-electron chi connectivity index (χ3n) is 2.75. The van der Waals surface area contributed by atoms with Crippen molar-refractivity contribution in [3.8, 4) is 0 Å². The van der Waals surface area contributed by atoms with Crippen molar-refractivity contribution >= 4 is 5.91 Å². The van der Waals surface area contributed by atoms with Crippen LogP contribution in [0.4, 0.5) is 0 Å². The molecule has 1 N–H and O–H groups in total. The van der Waals surface area contributed by atoms with Gasteiger partial charge in [0.15, 0.2) is 0 Å². The Kier molecular flexibility index (Phi) is 4.94. The summed E-state index contributed by atoms with van der Waals surface area (Å²) >= 11 is 0. The molecule has 1 atom stereocenters. The van der Waals surface area contributed by atoms with E-state index in [1.165, 1.54) is 12.8 Å². The molecular weight excluding hydrogens is 176 g/mol. The Morgan fingerprint density at radius 3 is 2.79 bits per heavy atom. The minimum atomic E-state index is 0.292. The van der Waals surface area contributed by atoms with E-state index in [1.807, 2.05) is 11.8 Å². The molecule has 1 rings (SSSR count). The summed E-state index contributed by atoms with van der Waals surface area (Å²) in [6, 6.07) is 0.539. The molecule has 3 nitrogen and oxygen atoms in total. The molecule has 3 heteroatoms. The van der Waals surface area contributed by atoms with Crippen LogP contribution in [0.3, 0.4) is 0 Å². The van der Waals surface area contributed by atoms with Crippen LogP contribution in [0.15, 0.2) is 0 Å². The molecule has 14 heavy (non-hydrogen) atoms. The van der Waals surface area contributed by atoms with Gasteiger partial charge in [0, 0.05) is 25.6 Å². The Morgan fingerprint density at radius 2 is 2.29 bits per heavy atom. The van der Waals surface area contributed by atoms with E-state index in [0.717, 1.165) is 26.1 Å². The molecule has 1 amide bonds. The number of carbonyl (C=O) groups excluding carboxylic acids is 1. The molecule has 0 aromatic rings. The maximum atomic E-state index is 11.6. The summed E-state index contributed by atoms with van der Waals surface area (Å²) in [6.45, 7) is 6.99. The number of rotatable bonds is 5. The second kappa shape index (κ2) is 6.02. The molecule has 1 aliphatic heterocycles. The number of nitrogens with zero attached hydrogens (tertiary/aromatic N) is 1.